The van der Waals surface area contributed by atoms with E-state index in [-0.39, 0.29) is 5.41 Å². The van der Waals surface area contributed by atoms with Crippen LogP contribution in [0.1, 0.15) is 71.1 Å². The van der Waals surface area contributed by atoms with Gasteiger partial charge in [0.05, 0.1) is 31.0 Å². The summed E-state index contributed by atoms with van der Waals surface area (Å²) in [5.74, 6) is 1.57. The van der Waals surface area contributed by atoms with Crippen molar-refractivity contribution in [3.05, 3.63) is 0 Å². The molecular formula is C27H47N5O2S. The Bertz CT molecular complexity index is 843. The predicted molar refractivity (Wildman–Crippen MR) is 140 cm³/mol. The van der Waals surface area contributed by atoms with Gasteiger partial charge in [0.1, 0.15) is 9.84 Å². The zero-order valence-corrected chi connectivity index (χ0v) is 22.9. The number of sulfone groups is 1. The van der Waals surface area contributed by atoms with Gasteiger partial charge in [0.15, 0.2) is 0 Å². The highest BCUT2D eigenvalue weighted by Gasteiger charge is 2.43. The van der Waals surface area contributed by atoms with Gasteiger partial charge >= 0.3 is 0 Å². The summed E-state index contributed by atoms with van der Waals surface area (Å²) in [6.07, 6.45) is 12.8. The topological polar surface area (TPSA) is 91.4 Å². The van der Waals surface area contributed by atoms with Crippen LogP contribution in [0.4, 0.5) is 0 Å². The Hall–Kier alpha value is -1.19. The second-order valence-corrected chi connectivity index (χ2v) is 13.9. The van der Waals surface area contributed by atoms with Crippen LogP contribution in [0, 0.1) is 39.9 Å². The molecule has 0 aromatic rings. The normalized spacial score (nSPS) is 27.7. The summed E-state index contributed by atoms with van der Waals surface area (Å²) in [4.78, 5) is 7.22. The lowest BCUT2D eigenvalue weighted by Crippen LogP contribution is -2.49. The number of hydrogen-bond donors (Lipinski definition) is 0. The Morgan fingerprint density at radius 3 is 2.29 bits per heavy atom. The number of piperidine rings is 3. The Labute approximate surface area is 214 Å². The molecule has 3 heterocycles. The first-order valence-electron chi connectivity index (χ1n) is 13.9. The third kappa shape index (κ3) is 8.42. The molecule has 3 unspecified atom stereocenters. The average molecular weight is 506 g/mol. The molecular weight excluding hydrogens is 458 g/mol. The SMILES string of the molecule is CC(CCCN1CCCCC1CCS(C)(=O)=O)(C1CCN(CC#N)CC1)C1CCCN(CC#N)C1. The number of nitriles is 2. The lowest BCUT2D eigenvalue weighted by atomic mass is 9.60. The average Bonchev–Trinajstić information content (AvgIpc) is 2.84. The van der Waals surface area contributed by atoms with Crippen molar-refractivity contribution in [2.24, 2.45) is 17.3 Å². The molecule has 3 aliphatic heterocycles. The monoisotopic (exact) mass is 505 g/mol. The van der Waals surface area contributed by atoms with Gasteiger partial charge in [-0.3, -0.25) is 9.80 Å². The van der Waals surface area contributed by atoms with Crippen LogP contribution in [0.2, 0.25) is 0 Å². The van der Waals surface area contributed by atoms with Crippen LogP contribution in [0.3, 0.4) is 0 Å². The summed E-state index contributed by atoms with van der Waals surface area (Å²) in [6.45, 7) is 9.85. The molecule has 198 valence electrons. The maximum Gasteiger partial charge on any atom is 0.147 e. The van der Waals surface area contributed by atoms with Crippen molar-refractivity contribution in [1.82, 2.24) is 14.7 Å². The van der Waals surface area contributed by atoms with Gasteiger partial charge in [-0.2, -0.15) is 10.5 Å². The van der Waals surface area contributed by atoms with Crippen molar-refractivity contribution < 1.29 is 8.42 Å². The first-order valence-corrected chi connectivity index (χ1v) is 15.9. The molecule has 0 bridgehead atoms. The highest BCUT2D eigenvalue weighted by atomic mass is 32.2. The highest BCUT2D eigenvalue weighted by Crippen LogP contribution is 2.48. The molecule has 0 aromatic heterocycles. The van der Waals surface area contributed by atoms with Gasteiger partial charge in [0.25, 0.3) is 0 Å². The molecule has 7 nitrogen and oxygen atoms in total. The summed E-state index contributed by atoms with van der Waals surface area (Å²) in [6, 6.07) is 5.08. The second-order valence-electron chi connectivity index (χ2n) is 11.7. The van der Waals surface area contributed by atoms with Crippen molar-refractivity contribution in [1.29, 1.82) is 10.5 Å². The van der Waals surface area contributed by atoms with E-state index in [9.17, 15) is 13.7 Å². The van der Waals surface area contributed by atoms with E-state index in [2.05, 4.69) is 33.8 Å². The van der Waals surface area contributed by atoms with E-state index < -0.39 is 9.84 Å². The zero-order chi connectivity index (χ0) is 25.3. The summed E-state index contributed by atoms with van der Waals surface area (Å²) >= 11 is 0. The Balaban J connectivity index is 1.65. The van der Waals surface area contributed by atoms with Gasteiger partial charge in [-0.15, -0.1) is 0 Å². The smallest absolute Gasteiger partial charge is 0.147 e. The van der Waals surface area contributed by atoms with Crippen LogP contribution in [0.25, 0.3) is 0 Å². The van der Waals surface area contributed by atoms with Crippen LogP contribution in [-0.2, 0) is 9.84 Å². The Kier molecular flexibility index (Phi) is 10.9. The number of likely N-dealkylation sites (tertiary alicyclic amines) is 3. The second kappa shape index (κ2) is 13.4. The molecule has 3 saturated heterocycles. The van der Waals surface area contributed by atoms with E-state index in [1.165, 1.54) is 38.4 Å². The third-order valence-electron chi connectivity index (χ3n) is 9.28. The maximum absolute atomic E-state index is 11.7. The number of rotatable bonds is 11. The zero-order valence-electron chi connectivity index (χ0n) is 22.1. The van der Waals surface area contributed by atoms with Crippen LogP contribution < -0.4 is 0 Å². The Morgan fingerprint density at radius 1 is 0.886 bits per heavy atom. The minimum absolute atomic E-state index is 0.241. The van der Waals surface area contributed by atoms with Gasteiger partial charge in [-0.25, -0.2) is 8.42 Å². The number of hydrogen-bond acceptors (Lipinski definition) is 7. The van der Waals surface area contributed by atoms with Gasteiger partial charge in [-0.1, -0.05) is 13.3 Å². The molecule has 3 fully saturated rings. The molecule has 3 atom stereocenters. The van der Waals surface area contributed by atoms with E-state index >= 15 is 0 Å². The molecule has 35 heavy (non-hydrogen) atoms. The minimum atomic E-state index is -2.92. The number of nitrogens with zero attached hydrogens (tertiary/aromatic N) is 5. The van der Waals surface area contributed by atoms with Gasteiger partial charge in [0, 0.05) is 18.8 Å². The highest BCUT2D eigenvalue weighted by molar-refractivity contribution is 7.90. The van der Waals surface area contributed by atoms with Crippen molar-refractivity contribution in [2.45, 2.75) is 77.2 Å². The molecule has 0 aromatic carbocycles. The standard InChI is InChI=1S/C27H47N5O2S/c1-27(24-9-18-30(19-10-24)20-13-28,25-7-5-15-31(23-25)21-14-29)12-6-17-32-16-4-3-8-26(32)11-22-35(2,33)34/h24-26H,3-12,15-23H2,1-2H3. The molecule has 0 spiro atoms. The molecule has 3 rings (SSSR count). The van der Waals surface area contributed by atoms with Gasteiger partial charge in [-0.05, 0) is 108 Å². The maximum atomic E-state index is 11.7. The van der Waals surface area contributed by atoms with Crippen LogP contribution in [0.15, 0.2) is 0 Å². The summed E-state index contributed by atoms with van der Waals surface area (Å²) in [7, 11) is -2.92. The van der Waals surface area contributed by atoms with E-state index in [4.69, 9.17) is 5.26 Å². The fourth-order valence-electron chi connectivity index (χ4n) is 7.12. The molecule has 0 radical (unpaired) electrons. The molecule has 0 amide bonds. The molecule has 8 heteroatoms. The van der Waals surface area contributed by atoms with Gasteiger partial charge in [0.2, 0.25) is 0 Å². The molecule has 0 N–H and O–H groups in total. The summed E-state index contributed by atoms with van der Waals surface area (Å²) in [5.41, 5.74) is 0.241. The first-order chi connectivity index (χ1) is 16.7. The van der Waals surface area contributed by atoms with Crippen LogP contribution in [0.5, 0.6) is 0 Å². The molecule has 3 aliphatic rings. The quantitative estimate of drug-likeness (QED) is 0.397. The molecule has 0 saturated carbocycles. The predicted octanol–water partition coefficient (Wildman–Crippen LogP) is 3.53. The fourth-order valence-corrected chi connectivity index (χ4v) is 7.82. The van der Waals surface area contributed by atoms with E-state index in [1.54, 1.807) is 0 Å². The summed E-state index contributed by atoms with van der Waals surface area (Å²) in [5, 5.41) is 18.4. The first kappa shape index (κ1) is 28.4. The van der Waals surface area contributed by atoms with Crippen molar-refractivity contribution in [2.75, 3.05) is 64.4 Å². The van der Waals surface area contributed by atoms with Crippen LogP contribution >= 0.6 is 0 Å². The lowest BCUT2D eigenvalue weighted by molar-refractivity contribution is -0.00678. The minimum Gasteiger partial charge on any atom is -0.300 e. The molecule has 0 aliphatic carbocycles. The van der Waals surface area contributed by atoms with E-state index in [0.29, 0.717) is 36.7 Å². The van der Waals surface area contributed by atoms with E-state index in [0.717, 1.165) is 71.4 Å². The van der Waals surface area contributed by atoms with Crippen molar-refractivity contribution in [3.63, 3.8) is 0 Å². The van der Waals surface area contributed by atoms with E-state index in [1.807, 2.05) is 0 Å². The summed E-state index contributed by atoms with van der Waals surface area (Å²) < 4.78 is 23.5. The van der Waals surface area contributed by atoms with Crippen molar-refractivity contribution in [3.8, 4) is 12.1 Å². The van der Waals surface area contributed by atoms with Crippen LogP contribution in [-0.4, -0.2) is 93.5 Å². The van der Waals surface area contributed by atoms with Gasteiger partial charge < -0.3 is 4.90 Å². The Morgan fingerprint density at radius 2 is 1.60 bits per heavy atom. The van der Waals surface area contributed by atoms with Crippen molar-refractivity contribution >= 4 is 9.84 Å². The lowest BCUT2D eigenvalue weighted by Gasteiger charge is -2.50. The fraction of sp³-hybridized carbons (Fsp3) is 0.926. The third-order valence-corrected chi connectivity index (χ3v) is 10.3. The largest absolute Gasteiger partial charge is 0.300 e.